The number of rotatable bonds is 4. The third-order valence-corrected chi connectivity index (χ3v) is 3.08. The number of anilines is 1. The van der Waals surface area contributed by atoms with Gasteiger partial charge in [0.2, 0.25) is 5.91 Å². The molecule has 1 aliphatic rings. The van der Waals surface area contributed by atoms with E-state index in [1.165, 1.54) is 24.3 Å². The number of benzene rings is 1. The average molecular weight is 269 g/mol. The van der Waals surface area contributed by atoms with Gasteiger partial charge in [0.15, 0.2) is 0 Å². The fourth-order valence-corrected chi connectivity index (χ4v) is 1.86. The molecule has 1 aromatic rings. The lowest BCUT2D eigenvalue weighted by atomic mass is 10.1. The van der Waals surface area contributed by atoms with E-state index < -0.39 is 29.6 Å². The summed E-state index contributed by atoms with van der Waals surface area (Å²) in [6, 6.07) is 5.37. The topological polar surface area (TPSA) is 66.4 Å². The summed E-state index contributed by atoms with van der Waals surface area (Å²) in [6.07, 6.45) is 0.296. The van der Waals surface area contributed by atoms with Crippen LogP contribution in [-0.2, 0) is 15.5 Å². The Balaban J connectivity index is 2.04. The number of halogens is 2. The fraction of sp³-hybridized carbons (Fsp3) is 0.385. The first-order valence-electron chi connectivity index (χ1n) is 5.81. The molecule has 4 nitrogen and oxygen atoms in total. The predicted octanol–water partition coefficient (Wildman–Crippen LogP) is 2.46. The molecular formula is C13H13F2NO3. The lowest BCUT2D eigenvalue weighted by Crippen LogP contribution is -2.17. The van der Waals surface area contributed by atoms with E-state index >= 15 is 0 Å². The first kappa shape index (κ1) is 13.5. The summed E-state index contributed by atoms with van der Waals surface area (Å²) >= 11 is 0. The van der Waals surface area contributed by atoms with Gasteiger partial charge in [0.25, 0.3) is 5.92 Å². The van der Waals surface area contributed by atoms with Gasteiger partial charge in [-0.05, 0) is 18.6 Å². The van der Waals surface area contributed by atoms with Gasteiger partial charge >= 0.3 is 5.97 Å². The molecule has 19 heavy (non-hydrogen) atoms. The molecule has 2 atom stereocenters. The van der Waals surface area contributed by atoms with E-state index in [1.54, 1.807) is 0 Å². The van der Waals surface area contributed by atoms with Crippen LogP contribution >= 0.6 is 0 Å². The van der Waals surface area contributed by atoms with Crippen molar-refractivity contribution < 1.29 is 23.5 Å². The largest absolute Gasteiger partial charge is 0.481 e. The van der Waals surface area contributed by atoms with E-state index in [2.05, 4.69) is 5.32 Å². The van der Waals surface area contributed by atoms with Crippen LogP contribution in [0.2, 0.25) is 0 Å². The van der Waals surface area contributed by atoms with E-state index in [0.29, 0.717) is 6.42 Å². The number of nitrogens with one attached hydrogen (secondary N) is 1. The van der Waals surface area contributed by atoms with E-state index in [9.17, 15) is 18.4 Å². The molecule has 0 heterocycles. The number of carboxylic acid groups (broad SMARTS) is 1. The highest BCUT2D eigenvalue weighted by molar-refractivity contribution is 5.98. The minimum atomic E-state index is -2.98. The summed E-state index contributed by atoms with van der Waals surface area (Å²) in [4.78, 5) is 22.3. The van der Waals surface area contributed by atoms with Crippen molar-refractivity contribution in [3.8, 4) is 0 Å². The Bertz CT molecular complexity index is 525. The Labute approximate surface area is 108 Å². The van der Waals surface area contributed by atoms with Crippen molar-refractivity contribution in [2.24, 2.45) is 11.8 Å². The summed E-state index contributed by atoms with van der Waals surface area (Å²) in [5.41, 5.74) is 0.0518. The molecule has 102 valence electrons. The first-order valence-corrected chi connectivity index (χ1v) is 5.81. The number of hydrogen-bond acceptors (Lipinski definition) is 2. The van der Waals surface area contributed by atoms with Crippen molar-refractivity contribution in [1.82, 2.24) is 0 Å². The number of amides is 1. The Morgan fingerprint density at radius 3 is 2.58 bits per heavy atom. The van der Waals surface area contributed by atoms with Crippen LogP contribution in [0, 0.1) is 11.8 Å². The van der Waals surface area contributed by atoms with E-state index in [1.807, 2.05) is 0 Å². The second-order valence-corrected chi connectivity index (χ2v) is 4.75. The molecule has 2 rings (SSSR count). The van der Waals surface area contributed by atoms with Gasteiger partial charge in [0.1, 0.15) is 0 Å². The summed E-state index contributed by atoms with van der Waals surface area (Å²) in [5.74, 6) is -5.65. The zero-order chi connectivity index (χ0) is 14.2. The van der Waals surface area contributed by atoms with Gasteiger partial charge in [0.05, 0.1) is 11.8 Å². The van der Waals surface area contributed by atoms with Crippen LogP contribution in [0.3, 0.4) is 0 Å². The molecule has 2 N–H and O–H groups in total. The fourth-order valence-electron chi connectivity index (χ4n) is 1.86. The van der Waals surface area contributed by atoms with Crippen LogP contribution in [0.1, 0.15) is 18.9 Å². The zero-order valence-corrected chi connectivity index (χ0v) is 10.2. The Kier molecular flexibility index (Phi) is 3.26. The van der Waals surface area contributed by atoms with Crippen LogP contribution in [0.25, 0.3) is 0 Å². The van der Waals surface area contributed by atoms with Gasteiger partial charge in [-0.15, -0.1) is 0 Å². The molecular weight excluding hydrogens is 256 g/mol. The van der Waals surface area contributed by atoms with E-state index in [4.69, 9.17) is 5.11 Å². The molecule has 0 aromatic heterocycles. The Hall–Kier alpha value is -1.98. The molecule has 0 aliphatic heterocycles. The Morgan fingerprint density at radius 2 is 2.05 bits per heavy atom. The van der Waals surface area contributed by atoms with Crippen LogP contribution in [0.15, 0.2) is 24.3 Å². The first-order chi connectivity index (χ1) is 8.79. The highest BCUT2D eigenvalue weighted by atomic mass is 19.3. The van der Waals surface area contributed by atoms with Gasteiger partial charge < -0.3 is 10.4 Å². The second kappa shape index (κ2) is 4.60. The van der Waals surface area contributed by atoms with Crippen LogP contribution in [0.5, 0.6) is 0 Å². The molecule has 0 bridgehead atoms. The molecule has 0 radical (unpaired) electrons. The van der Waals surface area contributed by atoms with E-state index in [-0.39, 0.29) is 11.3 Å². The highest BCUT2D eigenvalue weighted by Crippen LogP contribution is 2.39. The molecule has 1 fully saturated rings. The smallest absolute Gasteiger partial charge is 0.307 e. The maximum Gasteiger partial charge on any atom is 0.307 e. The SMILES string of the molecule is CC(F)(F)c1cccc(NC(=O)C2CC2C(=O)O)c1. The van der Waals surface area contributed by atoms with Gasteiger partial charge in [-0.3, -0.25) is 9.59 Å². The quantitative estimate of drug-likeness (QED) is 0.882. The van der Waals surface area contributed by atoms with E-state index in [0.717, 1.165) is 6.92 Å². The molecule has 2 unspecified atom stereocenters. The van der Waals surface area contributed by atoms with Gasteiger partial charge in [0, 0.05) is 18.2 Å². The van der Waals surface area contributed by atoms with Gasteiger partial charge in [-0.1, -0.05) is 12.1 Å². The molecule has 6 heteroatoms. The number of aliphatic carboxylic acids is 1. The molecule has 0 saturated heterocycles. The third kappa shape index (κ3) is 3.07. The van der Waals surface area contributed by atoms with Gasteiger partial charge in [-0.25, -0.2) is 8.78 Å². The van der Waals surface area contributed by atoms with Crippen molar-refractivity contribution in [1.29, 1.82) is 0 Å². The normalized spacial score (nSPS) is 21.8. The molecule has 1 saturated carbocycles. The number of carbonyl (C=O) groups is 2. The number of alkyl halides is 2. The Morgan fingerprint density at radius 1 is 1.37 bits per heavy atom. The molecule has 1 aromatic carbocycles. The van der Waals surface area contributed by atoms with Crippen molar-refractivity contribution in [2.75, 3.05) is 5.32 Å². The van der Waals surface area contributed by atoms with Crippen LogP contribution < -0.4 is 5.32 Å². The van der Waals surface area contributed by atoms with Crippen LogP contribution in [0.4, 0.5) is 14.5 Å². The maximum absolute atomic E-state index is 13.1. The van der Waals surface area contributed by atoms with Gasteiger partial charge in [-0.2, -0.15) is 0 Å². The summed E-state index contributed by atoms with van der Waals surface area (Å²) in [5, 5.41) is 11.2. The van der Waals surface area contributed by atoms with Crippen molar-refractivity contribution in [3.63, 3.8) is 0 Å². The summed E-state index contributed by atoms with van der Waals surface area (Å²) in [7, 11) is 0. The third-order valence-electron chi connectivity index (χ3n) is 3.08. The van der Waals surface area contributed by atoms with Crippen LogP contribution in [-0.4, -0.2) is 17.0 Å². The van der Waals surface area contributed by atoms with Crippen molar-refractivity contribution in [2.45, 2.75) is 19.3 Å². The zero-order valence-electron chi connectivity index (χ0n) is 10.2. The van der Waals surface area contributed by atoms with Crippen molar-refractivity contribution >= 4 is 17.6 Å². The molecule has 1 amide bonds. The lowest BCUT2D eigenvalue weighted by molar-refractivity contribution is -0.139. The maximum atomic E-state index is 13.1. The monoisotopic (exact) mass is 269 g/mol. The average Bonchev–Trinajstić information content (AvgIpc) is 3.08. The minimum Gasteiger partial charge on any atom is -0.481 e. The minimum absolute atomic E-state index is 0.198. The molecule has 0 spiro atoms. The second-order valence-electron chi connectivity index (χ2n) is 4.75. The standard InChI is InChI=1S/C13H13F2NO3/c1-13(14,15)7-3-2-4-8(5-7)16-11(17)9-6-10(9)12(18)19/h2-5,9-10H,6H2,1H3,(H,16,17)(H,18,19). The summed E-state index contributed by atoms with van der Waals surface area (Å²) < 4.78 is 26.2. The predicted molar refractivity (Wildman–Crippen MR) is 63.9 cm³/mol. The lowest BCUT2D eigenvalue weighted by Gasteiger charge is -2.12. The highest BCUT2D eigenvalue weighted by Gasteiger charge is 2.48. The number of carbonyl (C=O) groups excluding carboxylic acids is 1. The molecule has 1 aliphatic carbocycles. The number of hydrogen-bond donors (Lipinski definition) is 2. The number of carboxylic acids is 1. The van der Waals surface area contributed by atoms with Crippen molar-refractivity contribution in [3.05, 3.63) is 29.8 Å². The summed E-state index contributed by atoms with van der Waals surface area (Å²) in [6.45, 7) is 0.773.